The fourth-order valence-electron chi connectivity index (χ4n) is 3.15. The van der Waals surface area contributed by atoms with E-state index in [0.717, 1.165) is 0 Å². The number of benzene rings is 1. The molecule has 1 amide bonds. The second-order valence-electron chi connectivity index (χ2n) is 6.30. The first-order valence-corrected chi connectivity index (χ1v) is 7.97. The molecule has 128 valence electrons. The Bertz CT molecular complexity index is 691. The van der Waals surface area contributed by atoms with Gasteiger partial charge in [-0.1, -0.05) is 17.3 Å². The molecule has 0 spiro atoms. The van der Waals surface area contributed by atoms with Crippen LogP contribution < -0.4 is 0 Å². The fraction of sp³-hybridized carbons (Fsp3) is 0.471. The van der Waals surface area contributed by atoms with E-state index < -0.39 is 18.0 Å². The first-order chi connectivity index (χ1) is 11.5. The molecule has 1 aromatic carbocycles. The zero-order valence-electron chi connectivity index (χ0n) is 13.3. The molecule has 0 aliphatic carbocycles. The molecule has 2 aliphatic heterocycles. The molecule has 1 aromatic rings. The maximum Gasteiger partial charge on any atom is 0.308 e. The van der Waals surface area contributed by atoms with Crippen LogP contribution in [-0.4, -0.2) is 46.3 Å². The van der Waals surface area contributed by atoms with E-state index in [4.69, 9.17) is 4.84 Å². The normalized spacial score (nSPS) is 26.7. The third kappa shape index (κ3) is 3.25. The lowest BCUT2D eigenvalue weighted by molar-refractivity contribution is -0.152. The number of nitrogens with zero attached hydrogens (tertiary/aromatic N) is 2. The monoisotopic (exact) mass is 334 g/mol. The number of halogens is 1. The van der Waals surface area contributed by atoms with Crippen LogP contribution in [0.25, 0.3) is 0 Å². The van der Waals surface area contributed by atoms with Crippen molar-refractivity contribution < 1.29 is 23.9 Å². The lowest BCUT2D eigenvalue weighted by Crippen LogP contribution is -2.50. The Kier molecular flexibility index (Phi) is 4.51. The molecule has 24 heavy (non-hydrogen) atoms. The van der Waals surface area contributed by atoms with Gasteiger partial charge in [0.1, 0.15) is 5.82 Å². The summed E-state index contributed by atoms with van der Waals surface area (Å²) in [5.41, 5.74) is 1.10. The molecular weight excluding hydrogens is 315 g/mol. The predicted molar refractivity (Wildman–Crippen MR) is 84.0 cm³/mol. The van der Waals surface area contributed by atoms with Crippen LogP contribution in [0.1, 0.15) is 31.7 Å². The fourth-order valence-corrected chi connectivity index (χ4v) is 3.15. The maximum absolute atomic E-state index is 13.3. The molecule has 1 N–H and O–H groups in total. The molecule has 3 rings (SSSR count). The Morgan fingerprint density at radius 1 is 1.38 bits per heavy atom. The van der Waals surface area contributed by atoms with E-state index >= 15 is 0 Å². The van der Waals surface area contributed by atoms with Gasteiger partial charge in [-0.05, 0) is 31.9 Å². The van der Waals surface area contributed by atoms with Crippen LogP contribution >= 0.6 is 0 Å². The highest BCUT2D eigenvalue weighted by atomic mass is 19.1. The molecule has 2 aliphatic rings. The van der Waals surface area contributed by atoms with Crippen LogP contribution in [0, 0.1) is 11.7 Å². The number of hydrogen-bond donors (Lipinski definition) is 1. The van der Waals surface area contributed by atoms with E-state index in [9.17, 15) is 19.1 Å². The molecule has 0 saturated carbocycles. The van der Waals surface area contributed by atoms with Gasteiger partial charge in [0, 0.05) is 24.6 Å². The van der Waals surface area contributed by atoms with Crippen LogP contribution in [-0.2, 0) is 14.4 Å². The summed E-state index contributed by atoms with van der Waals surface area (Å²) in [6.07, 6.45) is 0.686. The molecule has 3 atom stereocenters. The first kappa shape index (κ1) is 16.4. The zero-order valence-corrected chi connectivity index (χ0v) is 13.3. The van der Waals surface area contributed by atoms with Crippen LogP contribution in [0.2, 0.25) is 0 Å². The maximum atomic E-state index is 13.3. The van der Waals surface area contributed by atoms with Gasteiger partial charge in [-0.3, -0.25) is 9.59 Å². The van der Waals surface area contributed by atoms with Gasteiger partial charge < -0.3 is 14.8 Å². The number of carbonyl (C=O) groups excluding carboxylic acids is 1. The van der Waals surface area contributed by atoms with E-state index in [1.807, 2.05) is 6.92 Å². The minimum atomic E-state index is -0.885. The van der Waals surface area contributed by atoms with Gasteiger partial charge in [0.25, 0.3) is 5.91 Å². The van der Waals surface area contributed by atoms with Crippen molar-refractivity contribution in [3.8, 4) is 0 Å². The first-order valence-electron chi connectivity index (χ1n) is 7.97. The number of piperidine rings is 1. The minimum Gasteiger partial charge on any atom is -0.481 e. The van der Waals surface area contributed by atoms with Crippen molar-refractivity contribution in [3.05, 3.63) is 35.6 Å². The summed E-state index contributed by atoms with van der Waals surface area (Å²) < 4.78 is 13.3. The molecule has 0 radical (unpaired) electrons. The van der Waals surface area contributed by atoms with Crippen LogP contribution in [0.5, 0.6) is 0 Å². The van der Waals surface area contributed by atoms with Crippen molar-refractivity contribution in [1.82, 2.24) is 4.90 Å². The molecular formula is C17H19FN2O4. The molecule has 0 aromatic heterocycles. The number of amides is 1. The number of aliphatic carboxylic acids is 1. The van der Waals surface area contributed by atoms with Crippen molar-refractivity contribution in [3.63, 3.8) is 0 Å². The third-order valence-corrected chi connectivity index (χ3v) is 4.62. The lowest BCUT2D eigenvalue weighted by atomic mass is 9.92. The quantitative estimate of drug-likeness (QED) is 0.917. The van der Waals surface area contributed by atoms with Crippen molar-refractivity contribution in [1.29, 1.82) is 0 Å². The summed E-state index contributed by atoms with van der Waals surface area (Å²) in [6.45, 7) is 2.09. The number of oxime groups is 1. The van der Waals surface area contributed by atoms with E-state index in [1.54, 1.807) is 17.0 Å². The van der Waals surface area contributed by atoms with E-state index in [0.29, 0.717) is 24.1 Å². The lowest BCUT2D eigenvalue weighted by Gasteiger charge is -2.37. The van der Waals surface area contributed by atoms with Crippen LogP contribution in [0.15, 0.2) is 29.4 Å². The van der Waals surface area contributed by atoms with Gasteiger partial charge in [-0.25, -0.2) is 4.39 Å². The molecule has 1 saturated heterocycles. The van der Waals surface area contributed by atoms with E-state index in [-0.39, 0.29) is 30.7 Å². The summed E-state index contributed by atoms with van der Waals surface area (Å²) in [5.74, 6) is -2.07. The van der Waals surface area contributed by atoms with E-state index in [2.05, 4.69) is 5.16 Å². The van der Waals surface area contributed by atoms with Gasteiger partial charge >= 0.3 is 5.97 Å². The standard InChI is InChI=1S/C17H19FN2O4/c1-10-5-6-12(17(22)23)9-20(10)16(21)15-8-14(19-24-15)11-3-2-4-13(18)7-11/h2-4,7,10,12,15H,5-6,8-9H2,1H3,(H,22,23). The summed E-state index contributed by atoms with van der Waals surface area (Å²) in [6, 6.07) is 5.94. The SMILES string of the molecule is CC1CCC(C(=O)O)CN1C(=O)C1CC(c2cccc(F)c2)=NO1. The Balaban J connectivity index is 1.67. The highest BCUT2D eigenvalue weighted by Crippen LogP contribution is 2.26. The summed E-state index contributed by atoms with van der Waals surface area (Å²) >= 11 is 0. The van der Waals surface area contributed by atoms with Crippen molar-refractivity contribution in [2.45, 2.75) is 38.3 Å². The van der Waals surface area contributed by atoms with Crippen LogP contribution in [0.3, 0.4) is 0 Å². The number of hydrogen-bond acceptors (Lipinski definition) is 4. The Morgan fingerprint density at radius 2 is 2.17 bits per heavy atom. The number of carboxylic acids is 1. The second kappa shape index (κ2) is 6.59. The number of rotatable bonds is 3. The van der Waals surface area contributed by atoms with Crippen molar-refractivity contribution in [2.75, 3.05) is 6.54 Å². The Morgan fingerprint density at radius 3 is 2.88 bits per heavy atom. The molecule has 0 bridgehead atoms. The van der Waals surface area contributed by atoms with Crippen molar-refractivity contribution >= 4 is 17.6 Å². The number of carboxylic acid groups (broad SMARTS) is 1. The molecule has 2 heterocycles. The zero-order chi connectivity index (χ0) is 17.3. The smallest absolute Gasteiger partial charge is 0.308 e. The van der Waals surface area contributed by atoms with Gasteiger partial charge in [0.05, 0.1) is 11.6 Å². The van der Waals surface area contributed by atoms with Gasteiger partial charge in [-0.2, -0.15) is 0 Å². The van der Waals surface area contributed by atoms with Gasteiger partial charge in [0.2, 0.25) is 6.10 Å². The largest absolute Gasteiger partial charge is 0.481 e. The molecule has 7 heteroatoms. The number of likely N-dealkylation sites (tertiary alicyclic amines) is 1. The predicted octanol–water partition coefficient (Wildman–Crippen LogP) is 2.03. The van der Waals surface area contributed by atoms with Gasteiger partial charge in [0.15, 0.2) is 0 Å². The topological polar surface area (TPSA) is 79.2 Å². The Hall–Kier alpha value is -2.44. The van der Waals surface area contributed by atoms with Crippen LogP contribution in [0.4, 0.5) is 4.39 Å². The summed E-state index contributed by atoms with van der Waals surface area (Å²) in [7, 11) is 0. The van der Waals surface area contributed by atoms with Gasteiger partial charge in [-0.15, -0.1) is 0 Å². The highest BCUT2D eigenvalue weighted by molar-refractivity contribution is 6.04. The molecule has 3 unspecified atom stereocenters. The molecule has 6 nitrogen and oxygen atoms in total. The summed E-state index contributed by atoms with van der Waals surface area (Å²) in [5, 5.41) is 13.1. The van der Waals surface area contributed by atoms with Crippen molar-refractivity contribution in [2.24, 2.45) is 11.1 Å². The average molecular weight is 334 g/mol. The Labute approximate surface area is 138 Å². The third-order valence-electron chi connectivity index (χ3n) is 4.62. The summed E-state index contributed by atoms with van der Waals surface area (Å²) in [4.78, 5) is 30.7. The highest BCUT2D eigenvalue weighted by Gasteiger charge is 2.38. The average Bonchev–Trinajstić information content (AvgIpc) is 3.04. The minimum absolute atomic E-state index is 0.0325. The molecule has 1 fully saturated rings. The van der Waals surface area contributed by atoms with E-state index in [1.165, 1.54) is 12.1 Å². The number of carbonyl (C=O) groups is 2. The second-order valence-corrected chi connectivity index (χ2v) is 6.30.